The highest BCUT2D eigenvalue weighted by Crippen LogP contribution is 2.29. The first-order valence-corrected chi connectivity index (χ1v) is 8.53. The van der Waals surface area contributed by atoms with Crippen LogP contribution in [-0.2, 0) is 4.74 Å². The molecule has 0 heterocycles. The Morgan fingerprint density at radius 2 is 2.00 bits per heavy atom. The second-order valence-corrected chi connectivity index (χ2v) is 6.27. The molecule has 0 spiro atoms. The van der Waals surface area contributed by atoms with Crippen molar-refractivity contribution in [1.29, 1.82) is 0 Å². The van der Waals surface area contributed by atoms with Crippen LogP contribution in [0.15, 0.2) is 0 Å². The van der Waals surface area contributed by atoms with Gasteiger partial charge in [-0.25, -0.2) is 0 Å². The molecule has 4 unspecified atom stereocenters. The predicted octanol–water partition coefficient (Wildman–Crippen LogP) is 4.39. The molecule has 1 aliphatic carbocycles. The van der Waals surface area contributed by atoms with Crippen molar-refractivity contribution in [2.75, 3.05) is 13.7 Å². The molecule has 1 aliphatic rings. The molecule has 1 fully saturated rings. The summed E-state index contributed by atoms with van der Waals surface area (Å²) in [5, 5.41) is 3.46. The summed E-state index contributed by atoms with van der Waals surface area (Å²) in [7, 11) is 2.09. The van der Waals surface area contributed by atoms with Gasteiger partial charge in [-0.2, -0.15) is 0 Å². The lowest BCUT2D eigenvalue weighted by molar-refractivity contribution is -0.0262. The Hall–Kier alpha value is -0.0800. The molecule has 4 atom stereocenters. The maximum Gasteiger partial charge on any atom is 0.0730 e. The van der Waals surface area contributed by atoms with Crippen molar-refractivity contribution in [3.63, 3.8) is 0 Å². The van der Waals surface area contributed by atoms with Crippen molar-refractivity contribution in [1.82, 2.24) is 5.32 Å². The molecule has 0 saturated heterocycles. The first kappa shape index (κ1) is 17.0. The molecule has 0 radical (unpaired) electrons. The van der Waals surface area contributed by atoms with Crippen LogP contribution in [0.1, 0.15) is 72.1 Å². The van der Waals surface area contributed by atoms with Gasteiger partial charge < -0.3 is 10.1 Å². The number of ether oxygens (including phenoxy) is 1. The third kappa shape index (κ3) is 5.83. The molecular formula is C17H35NO. The first-order chi connectivity index (χ1) is 9.24. The van der Waals surface area contributed by atoms with Crippen LogP contribution in [0.25, 0.3) is 0 Å². The van der Waals surface area contributed by atoms with Gasteiger partial charge in [0.05, 0.1) is 6.10 Å². The van der Waals surface area contributed by atoms with Crippen LogP contribution in [0.2, 0.25) is 0 Å². The topological polar surface area (TPSA) is 21.3 Å². The fourth-order valence-corrected chi connectivity index (χ4v) is 3.25. The summed E-state index contributed by atoms with van der Waals surface area (Å²) in [4.78, 5) is 0. The largest absolute Gasteiger partial charge is 0.376 e. The molecule has 114 valence electrons. The Labute approximate surface area is 120 Å². The second kappa shape index (κ2) is 9.77. The van der Waals surface area contributed by atoms with Crippen LogP contribution >= 0.6 is 0 Å². The van der Waals surface area contributed by atoms with E-state index in [1.165, 1.54) is 51.4 Å². The number of nitrogens with one attached hydrogen (secondary N) is 1. The van der Waals surface area contributed by atoms with Crippen molar-refractivity contribution >= 4 is 0 Å². The summed E-state index contributed by atoms with van der Waals surface area (Å²) in [5.74, 6) is 1.64. The molecule has 1 saturated carbocycles. The Morgan fingerprint density at radius 1 is 1.21 bits per heavy atom. The zero-order chi connectivity index (χ0) is 14.1. The highest BCUT2D eigenvalue weighted by Gasteiger charge is 2.29. The monoisotopic (exact) mass is 269 g/mol. The van der Waals surface area contributed by atoms with Crippen molar-refractivity contribution < 1.29 is 4.74 Å². The van der Waals surface area contributed by atoms with E-state index in [2.05, 4.69) is 33.1 Å². The molecule has 0 aromatic rings. The zero-order valence-electron chi connectivity index (χ0n) is 13.6. The van der Waals surface area contributed by atoms with Crippen LogP contribution in [-0.4, -0.2) is 25.8 Å². The second-order valence-electron chi connectivity index (χ2n) is 6.27. The van der Waals surface area contributed by atoms with Gasteiger partial charge in [0.1, 0.15) is 0 Å². The summed E-state index contributed by atoms with van der Waals surface area (Å²) in [6, 6.07) is 0.575. The van der Waals surface area contributed by atoms with Crippen LogP contribution < -0.4 is 5.32 Å². The van der Waals surface area contributed by atoms with Crippen LogP contribution in [0.4, 0.5) is 0 Å². The summed E-state index contributed by atoms with van der Waals surface area (Å²) < 4.78 is 6.31. The summed E-state index contributed by atoms with van der Waals surface area (Å²) in [6.07, 6.45) is 10.9. The number of rotatable bonds is 9. The Bertz CT molecular complexity index is 219. The minimum absolute atomic E-state index is 0.444. The SMILES string of the molecule is CCCCC(CC)COC1CC(CC)CCC1NC. The van der Waals surface area contributed by atoms with Gasteiger partial charge in [0, 0.05) is 12.6 Å². The van der Waals surface area contributed by atoms with Gasteiger partial charge >= 0.3 is 0 Å². The molecule has 2 nitrogen and oxygen atoms in total. The van der Waals surface area contributed by atoms with Gasteiger partial charge in [-0.05, 0) is 44.6 Å². The van der Waals surface area contributed by atoms with Crippen molar-refractivity contribution in [2.45, 2.75) is 84.3 Å². The zero-order valence-corrected chi connectivity index (χ0v) is 13.6. The van der Waals surface area contributed by atoms with Gasteiger partial charge in [-0.3, -0.25) is 0 Å². The van der Waals surface area contributed by atoms with E-state index >= 15 is 0 Å². The van der Waals surface area contributed by atoms with Crippen molar-refractivity contribution in [3.05, 3.63) is 0 Å². The van der Waals surface area contributed by atoms with E-state index in [0.717, 1.165) is 18.4 Å². The first-order valence-electron chi connectivity index (χ1n) is 8.53. The molecule has 19 heavy (non-hydrogen) atoms. The van der Waals surface area contributed by atoms with E-state index in [4.69, 9.17) is 4.74 Å². The standard InChI is InChI=1S/C17H35NO/c1-5-8-9-15(7-3)13-19-17-12-14(6-2)10-11-16(17)18-4/h14-18H,5-13H2,1-4H3. The Morgan fingerprint density at radius 3 is 2.58 bits per heavy atom. The molecule has 1 rings (SSSR count). The minimum Gasteiger partial charge on any atom is -0.376 e. The molecule has 1 N–H and O–H groups in total. The van der Waals surface area contributed by atoms with Crippen LogP contribution in [0.5, 0.6) is 0 Å². The molecule has 0 aromatic heterocycles. The average Bonchev–Trinajstić information content (AvgIpc) is 2.47. The predicted molar refractivity (Wildman–Crippen MR) is 83.5 cm³/mol. The molecular weight excluding hydrogens is 234 g/mol. The summed E-state index contributed by atoms with van der Waals surface area (Å²) in [6.45, 7) is 7.86. The maximum atomic E-state index is 6.31. The van der Waals surface area contributed by atoms with Crippen LogP contribution in [0.3, 0.4) is 0 Å². The van der Waals surface area contributed by atoms with E-state index in [1.807, 2.05) is 0 Å². The number of hydrogen-bond acceptors (Lipinski definition) is 2. The minimum atomic E-state index is 0.444. The van der Waals surface area contributed by atoms with Gasteiger partial charge in [0.2, 0.25) is 0 Å². The summed E-state index contributed by atoms with van der Waals surface area (Å²) in [5.41, 5.74) is 0. The lowest BCUT2D eigenvalue weighted by atomic mass is 9.82. The Balaban J connectivity index is 2.38. The van der Waals surface area contributed by atoms with Crippen LogP contribution in [0, 0.1) is 11.8 Å². The maximum absolute atomic E-state index is 6.31. The molecule has 2 heteroatoms. The Kier molecular flexibility index (Phi) is 8.72. The van der Waals surface area contributed by atoms with Crippen molar-refractivity contribution in [3.8, 4) is 0 Å². The van der Waals surface area contributed by atoms with Gasteiger partial charge in [-0.15, -0.1) is 0 Å². The molecule has 0 amide bonds. The third-order valence-corrected chi connectivity index (χ3v) is 4.94. The quantitative estimate of drug-likeness (QED) is 0.670. The molecule has 0 aliphatic heterocycles. The van der Waals surface area contributed by atoms with Gasteiger partial charge in [-0.1, -0.05) is 46.5 Å². The van der Waals surface area contributed by atoms with E-state index in [1.54, 1.807) is 0 Å². The van der Waals surface area contributed by atoms with E-state index in [-0.39, 0.29) is 0 Å². The number of likely N-dealkylation sites (N-methyl/N-ethyl adjacent to an activating group) is 1. The highest BCUT2D eigenvalue weighted by molar-refractivity contribution is 4.84. The lowest BCUT2D eigenvalue weighted by Crippen LogP contribution is -2.44. The van der Waals surface area contributed by atoms with Gasteiger partial charge in [0.15, 0.2) is 0 Å². The average molecular weight is 269 g/mol. The van der Waals surface area contributed by atoms with E-state index in [0.29, 0.717) is 12.1 Å². The normalized spacial score (nSPS) is 29.4. The molecule has 0 bridgehead atoms. The fraction of sp³-hybridized carbons (Fsp3) is 1.00. The third-order valence-electron chi connectivity index (χ3n) is 4.94. The van der Waals surface area contributed by atoms with Crippen molar-refractivity contribution in [2.24, 2.45) is 11.8 Å². The number of hydrogen-bond donors (Lipinski definition) is 1. The van der Waals surface area contributed by atoms with E-state index in [9.17, 15) is 0 Å². The lowest BCUT2D eigenvalue weighted by Gasteiger charge is -2.36. The smallest absolute Gasteiger partial charge is 0.0730 e. The fourth-order valence-electron chi connectivity index (χ4n) is 3.25. The molecule has 0 aromatic carbocycles. The van der Waals surface area contributed by atoms with E-state index < -0.39 is 0 Å². The highest BCUT2D eigenvalue weighted by atomic mass is 16.5. The number of unbranched alkanes of at least 4 members (excludes halogenated alkanes) is 1. The summed E-state index contributed by atoms with van der Waals surface area (Å²) >= 11 is 0. The van der Waals surface area contributed by atoms with Gasteiger partial charge in [0.25, 0.3) is 0 Å².